The van der Waals surface area contributed by atoms with Crippen LogP contribution >= 0.6 is 0 Å². The van der Waals surface area contributed by atoms with Crippen molar-refractivity contribution in [1.29, 1.82) is 0 Å². The van der Waals surface area contributed by atoms with Crippen molar-refractivity contribution in [3.8, 4) is 0 Å². The topological polar surface area (TPSA) is 95.6 Å². The summed E-state index contributed by atoms with van der Waals surface area (Å²) in [5.74, 6) is 0.444. The Morgan fingerprint density at radius 1 is 0.923 bits per heavy atom. The molecular weight excluding hydrogens is 328 g/mol. The summed E-state index contributed by atoms with van der Waals surface area (Å²) in [7, 11) is 0. The minimum Gasteiger partial charge on any atom is -0.346 e. The molecule has 7 nitrogen and oxygen atoms in total. The van der Waals surface area contributed by atoms with Crippen LogP contribution in [-0.2, 0) is 11.2 Å². The van der Waals surface area contributed by atoms with E-state index >= 15 is 0 Å². The Morgan fingerprint density at radius 2 is 1.65 bits per heavy atom. The van der Waals surface area contributed by atoms with Gasteiger partial charge in [-0.2, -0.15) is 0 Å². The molecule has 0 saturated carbocycles. The van der Waals surface area contributed by atoms with Crippen LogP contribution in [0.4, 0.5) is 17.3 Å². The molecule has 0 bridgehead atoms. The molecule has 0 unspecified atom stereocenters. The molecule has 128 valence electrons. The maximum Gasteiger partial charge on any atom is 0.228 e. The van der Waals surface area contributed by atoms with E-state index in [1.165, 1.54) is 0 Å². The second-order valence-electron chi connectivity index (χ2n) is 5.71. The van der Waals surface area contributed by atoms with Crippen LogP contribution in [0.1, 0.15) is 5.56 Å². The highest BCUT2D eigenvalue weighted by Crippen LogP contribution is 2.19. The van der Waals surface area contributed by atoms with E-state index in [0.717, 1.165) is 28.0 Å². The standard InChI is InChI=1S/C19H16N6O/c26-17(11-13-12-23-18-16(13)3-1-8-20-18)24-14-4-6-15(7-5-14)25-19-21-9-2-10-22-19/h1-10,12H,11H2,(H,20,23)(H,24,26)(H,21,22,25). The fraction of sp³-hybridized carbons (Fsp3) is 0.0526. The third-order valence-corrected chi connectivity index (χ3v) is 3.88. The van der Waals surface area contributed by atoms with Gasteiger partial charge in [-0.1, -0.05) is 0 Å². The largest absolute Gasteiger partial charge is 0.346 e. The Hall–Kier alpha value is -3.74. The maximum absolute atomic E-state index is 12.3. The molecule has 0 aliphatic heterocycles. The summed E-state index contributed by atoms with van der Waals surface area (Å²) in [6, 6.07) is 13.0. The molecule has 0 fully saturated rings. The van der Waals surface area contributed by atoms with Gasteiger partial charge in [0.15, 0.2) is 0 Å². The van der Waals surface area contributed by atoms with Gasteiger partial charge in [-0.05, 0) is 48.0 Å². The third kappa shape index (κ3) is 3.51. The minimum absolute atomic E-state index is 0.0816. The van der Waals surface area contributed by atoms with E-state index in [2.05, 4.69) is 30.6 Å². The van der Waals surface area contributed by atoms with Crippen LogP contribution in [0.25, 0.3) is 11.0 Å². The average Bonchev–Trinajstić information content (AvgIpc) is 3.07. The van der Waals surface area contributed by atoms with Gasteiger partial charge in [0.25, 0.3) is 0 Å². The zero-order valence-electron chi connectivity index (χ0n) is 13.8. The van der Waals surface area contributed by atoms with Crippen molar-refractivity contribution in [2.24, 2.45) is 0 Å². The summed E-state index contributed by atoms with van der Waals surface area (Å²) in [5.41, 5.74) is 3.28. The summed E-state index contributed by atoms with van der Waals surface area (Å²) in [6.45, 7) is 0. The van der Waals surface area contributed by atoms with E-state index < -0.39 is 0 Å². The number of rotatable bonds is 5. The molecule has 3 heterocycles. The van der Waals surface area contributed by atoms with Crippen LogP contribution in [0.2, 0.25) is 0 Å². The number of aromatic nitrogens is 4. The Morgan fingerprint density at radius 3 is 2.46 bits per heavy atom. The second-order valence-corrected chi connectivity index (χ2v) is 5.71. The van der Waals surface area contributed by atoms with Crippen molar-refractivity contribution in [3.63, 3.8) is 0 Å². The zero-order valence-corrected chi connectivity index (χ0v) is 13.8. The van der Waals surface area contributed by atoms with E-state index in [0.29, 0.717) is 5.95 Å². The highest BCUT2D eigenvalue weighted by atomic mass is 16.1. The number of nitrogens with one attached hydrogen (secondary N) is 3. The number of pyridine rings is 1. The number of hydrogen-bond acceptors (Lipinski definition) is 5. The predicted octanol–water partition coefficient (Wildman–Crippen LogP) is 3.28. The van der Waals surface area contributed by atoms with Gasteiger partial charge in [0.2, 0.25) is 11.9 Å². The van der Waals surface area contributed by atoms with E-state index in [1.807, 2.05) is 42.6 Å². The first-order valence-electron chi connectivity index (χ1n) is 8.13. The third-order valence-electron chi connectivity index (χ3n) is 3.88. The first-order chi connectivity index (χ1) is 12.8. The monoisotopic (exact) mass is 344 g/mol. The van der Waals surface area contributed by atoms with E-state index in [9.17, 15) is 4.79 Å². The van der Waals surface area contributed by atoms with Crippen molar-refractivity contribution in [2.75, 3.05) is 10.6 Å². The molecule has 26 heavy (non-hydrogen) atoms. The van der Waals surface area contributed by atoms with Crippen LogP contribution in [0.3, 0.4) is 0 Å². The number of carbonyl (C=O) groups is 1. The lowest BCUT2D eigenvalue weighted by molar-refractivity contribution is -0.115. The van der Waals surface area contributed by atoms with Gasteiger partial charge < -0.3 is 15.6 Å². The number of anilines is 3. The second kappa shape index (κ2) is 7.02. The van der Waals surface area contributed by atoms with Crippen molar-refractivity contribution in [1.82, 2.24) is 19.9 Å². The number of amides is 1. The summed E-state index contributed by atoms with van der Waals surface area (Å²) in [5, 5.41) is 6.96. The summed E-state index contributed by atoms with van der Waals surface area (Å²) < 4.78 is 0. The van der Waals surface area contributed by atoms with Crippen molar-refractivity contribution >= 4 is 34.3 Å². The van der Waals surface area contributed by atoms with Crippen LogP contribution in [0, 0.1) is 0 Å². The highest BCUT2D eigenvalue weighted by molar-refractivity contribution is 5.95. The molecule has 3 aromatic heterocycles. The molecule has 0 spiro atoms. The molecule has 4 rings (SSSR count). The first kappa shape index (κ1) is 15.8. The van der Waals surface area contributed by atoms with Crippen LogP contribution < -0.4 is 10.6 Å². The molecule has 7 heteroatoms. The fourth-order valence-electron chi connectivity index (χ4n) is 2.67. The van der Waals surface area contributed by atoms with Gasteiger partial charge in [-0.3, -0.25) is 4.79 Å². The van der Waals surface area contributed by atoms with Crippen LogP contribution in [-0.4, -0.2) is 25.8 Å². The molecule has 0 atom stereocenters. The molecule has 0 aliphatic carbocycles. The normalized spacial score (nSPS) is 10.6. The Labute approximate surface area is 149 Å². The van der Waals surface area contributed by atoms with Gasteiger partial charge in [-0.15, -0.1) is 0 Å². The zero-order chi connectivity index (χ0) is 17.8. The number of H-pyrrole nitrogens is 1. The molecule has 0 radical (unpaired) electrons. The molecule has 4 aromatic rings. The quantitative estimate of drug-likeness (QED) is 0.516. The lowest BCUT2D eigenvalue weighted by atomic mass is 10.1. The number of benzene rings is 1. The predicted molar refractivity (Wildman–Crippen MR) is 100 cm³/mol. The van der Waals surface area contributed by atoms with Crippen molar-refractivity contribution in [3.05, 3.63) is 72.8 Å². The molecule has 1 amide bonds. The van der Waals surface area contributed by atoms with Gasteiger partial charge >= 0.3 is 0 Å². The van der Waals surface area contributed by atoms with Crippen molar-refractivity contribution < 1.29 is 4.79 Å². The summed E-state index contributed by atoms with van der Waals surface area (Å²) in [4.78, 5) is 27.9. The van der Waals surface area contributed by atoms with Crippen LogP contribution in [0.5, 0.6) is 0 Å². The summed E-state index contributed by atoms with van der Waals surface area (Å²) >= 11 is 0. The van der Waals surface area contributed by atoms with E-state index in [1.54, 1.807) is 24.7 Å². The Balaban J connectivity index is 1.40. The average molecular weight is 344 g/mol. The molecule has 0 aliphatic rings. The number of hydrogen-bond donors (Lipinski definition) is 3. The maximum atomic E-state index is 12.3. The van der Waals surface area contributed by atoms with Gasteiger partial charge in [0.1, 0.15) is 5.65 Å². The van der Waals surface area contributed by atoms with Gasteiger partial charge in [0.05, 0.1) is 6.42 Å². The lowest BCUT2D eigenvalue weighted by Gasteiger charge is -2.07. The van der Waals surface area contributed by atoms with Gasteiger partial charge in [-0.25, -0.2) is 15.0 Å². The van der Waals surface area contributed by atoms with Gasteiger partial charge in [0, 0.05) is 41.5 Å². The summed E-state index contributed by atoms with van der Waals surface area (Å²) in [6.07, 6.45) is 7.17. The van der Waals surface area contributed by atoms with E-state index in [4.69, 9.17) is 0 Å². The minimum atomic E-state index is -0.0816. The molecule has 3 N–H and O–H groups in total. The van der Waals surface area contributed by atoms with Crippen LogP contribution in [0.15, 0.2) is 67.3 Å². The SMILES string of the molecule is O=C(Cc1c[nH]c2ncccc12)Nc1ccc(Nc2ncccn2)cc1. The fourth-order valence-corrected chi connectivity index (χ4v) is 2.67. The highest BCUT2D eigenvalue weighted by Gasteiger charge is 2.09. The smallest absolute Gasteiger partial charge is 0.228 e. The molecule has 0 saturated heterocycles. The molecular formula is C19H16N6O. The Kier molecular flexibility index (Phi) is 4.26. The lowest BCUT2D eigenvalue weighted by Crippen LogP contribution is -2.14. The number of nitrogens with zero attached hydrogens (tertiary/aromatic N) is 3. The first-order valence-corrected chi connectivity index (χ1v) is 8.13. The number of fused-ring (bicyclic) bond motifs is 1. The number of carbonyl (C=O) groups excluding carboxylic acids is 1. The van der Waals surface area contributed by atoms with E-state index in [-0.39, 0.29) is 12.3 Å². The Bertz CT molecular complexity index is 1030. The van der Waals surface area contributed by atoms with Crippen molar-refractivity contribution in [2.45, 2.75) is 6.42 Å². The number of aromatic amines is 1. The molecule has 1 aromatic carbocycles.